The van der Waals surface area contributed by atoms with Gasteiger partial charge in [-0.2, -0.15) is 0 Å². The highest BCUT2D eigenvalue weighted by Crippen LogP contribution is 2.30. The summed E-state index contributed by atoms with van der Waals surface area (Å²) in [6, 6.07) is 0. The molecule has 0 aromatic rings. The quantitative estimate of drug-likeness (QED) is 0.252. The highest BCUT2D eigenvalue weighted by molar-refractivity contribution is 14.1. The number of ether oxygens (including phenoxy) is 5. The molecule has 24 heavy (non-hydrogen) atoms. The van der Waals surface area contributed by atoms with Crippen LogP contribution in [0.4, 0.5) is 0 Å². The largest absolute Gasteiger partial charge is 0.456 e. The monoisotopic (exact) mass is 458 g/mol. The van der Waals surface area contributed by atoms with Crippen LogP contribution in [0.2, 0.25) is 0 Å². The summed E-state index contributed by atoms with van der Waals surface area (Å²) in [5, 5.41) is 0. The van der Waals surface area contributed by atoms with Crippen molar-refractivity contribution in [1.29, 1.82) is 0 Å². The van der Waals surface area contributed by atoms with E-state index in [4.69, 9.17) is 23.7 Å². The van der Waals surface area contributed by atoms with Crippen molar-refractivity contribution >= 4 is 46.5 Å². The number of carbonyl (C=O) groups excluding carboxylic acids is 4. The molecule has 1 heterocycles. The van der Waals surface area contributed by atoms with Gasteiger partial charge in [-0.05, 0) is 0 Å². The first-order valence-corrected chi connectivity index (χ1v) is 8.58. The van der Waals surface area contributed by atoms with Crippen molar-refractivity contribution in [2.75, 3.05) is 4.43 Å². The minimum Gasteiger partial charge on any atom is -0.456 e. The Bertz CT molecular complexity index is 506. The molecule has 5 unspecified atom stereocenters. The van der Waals surface area contributed by atoms with Crippen LogP contribution >= 0.6 is 22.6 Å². The molecule has 1 aliphatic heterocycles. The van der Waals surface area contributed by atoms with Gasteiger partial charge in [0.2, 0.25) is 12.4 Å². The first kappa shape index (κ1) is 20.6. The summed E-state index contributed by atoms with van der Waals surface area (Å²) >= 11 is 1.98. The van der Waals surface area contributed by atoms with Crippen molar-refractivity contribution in [1.82, 2.24) is 0 Å². The Morgan fingerprint density at radius 3 is 1.58 bits per heavy atom. The Morgan fingerprint density at radius 1 is 0.750 bits per heavy atom. The maximum atomic E-state index is 11.4. The molecule has 0 amide bonds. The molecular weight excluding hydrogens is 439 g/mol. The second kappa shape index (κ2) is 9.16. The zero-order valence-corrected chi connectivity index (χ0v) is 15.8. The lowest BCUT2D eigenvalue weighted by atomic mass is 9.99. The molecule has 0 bridgehead atoms. The molecule has 5 atom stereocenters. The van der Waals surface area contributed by atoms with Crippen LogP contribution in [0.25, 0.3) is 0 Å². The van der Waals surface area contributed by atoms with Crippen molar-refractivity contribution in [2.45, 2.75) is 58.4 Å². The summed E-state index contributed by atoms with van der Waals surface area (Å²) in [7, 11) is 0. The van der Waals surface area contributed by atoms with Crippen molar-refractivity contribution in [3.63, 3.8) is 0 Å². The van der Waals surface area contributed by atoms with Crippen LogP contribution in [0, 0.1) is 0 Å². The Kier molecular flexibility index (Phi) is 7.87. The number of carbonyl (C=O) groups is 4. The zero-order valence-electron chi connectivity index (χ0n) is 13.6. The fourth-order valence-electron chi connectivity index (χ4n) is 2.24. The Labute approximate surface area is 152 Å². The van der Waals surface area contributed by atoms with E-state index in [1.54, 1.807) is 0 Å². The average molecular weight is 458 g/mol. The molecule has 0 spiro atoms. The number of alkyl halides is 1. The van der Waals surface area contributed by atoms with Gasteiger partial charge in [0.15, 0.2) is 12.2 Å². The van der Waals surface area contributed by atoms with Gasteiger partial charge < -0.3 is 23.7 Å². The maximum absolute atomic E-state index is 11.4. The summed E-state index contributed by atoms with van der Waals surface area (Å²) in [4.78, 5) is 45.5. The van der Waals surface area contributed by atoms with E-state index in [1.807, 2.05) is 22.6 Å². The van der Waals surface area contributed by atoms with Gasteiger partial charge >= 0.3 is 23.9 Å². The molecule has 0 N–H and O–H groups in total. The molecule has 10 heteroatoms. The molecule has 0 aromatic heterocycles. The van der Waals surface area contributed by atoms with E-state index in [2.05, 4.69) is 0 Å². The predicted molar refractivity (Wildman–Crippen MR) is 86.0 cm³/mol. The third-order valence-corrected chi connectivity index (χ3v) is 3.80. The van der Waals surface area contributed by atoms with E-state index in [1.165, 1.54) is 6.92 Å². The van der Waals surface area contributed by atoms with Crippen LogP contribution in [0.15, 0.2) is 0 Å². The normalized spacial score (nSPS) is 29.3. The first-order chi connectivity index (χ1) is 11.1. The third-order valence-electron chi connectivity index (χ3n) is 2.93. The van der Waals surface area contributed by atoms with Crippen LogP contribution < -0.4 is 0 Å². The number of halogens is 1. The average Bonchev–Trinajstić information content (AvgIpc) is 2.42. The van der Waals surface area contributed by atoms with E-state index in [9.17, 15) is 19.2 Å². The molecule has 1 rings (SSSR count). The van der Waals surface area contributed by atoms with Crippen LogP contribution in [0.5, 0.6) is 0 Å². The lowest BCUT2D eigenvalue weighted by Crippen LogP contribution is -2.62. The number of hydrogen-bond acceptors (Lipinski definition) is 9. The predicted octanol–water partition coefficient (Wildman–Crippen LogP) is 0.504. The van der Waals surface area contributed by atoms with Gasteiger partial charge in [-0.3, -0.25) is 19.2 Å². The number of rotatable bonds is 5. The van der Waals surface area contributed by atoms with Gasteiger partial charge in [0.05, 0.1) is 0 Å². The van der Waals surface area contributed by atoms with E-state index in [0.717, 1.165) is 20.8 Å². The van der Waals surface area contributed by atoms with Gasteiger partial charge in [-0.1, -0.05) is 22.6 Å². The Hall–Kier alpha value is -1.43. The van der Waals surface area contributed by atoms with Crippen molar-refractivity contribution in [2.24, 2.45) is 0 Å². The van der Waals surface area contributed by atoms with Crippen molar-refractivity contribution in [3.8, 4) is 0 Å². The van der Waals surface area contributed by atoms with E-state index >= 15 is 0 Å². The van der Waals surface area contributed by atoms with Crippen LogP contribution in [0.1, 0.15) is 27.7 Å². The van der Waals surface area contributed by atoms with Gasteiger partial charge in [0.25, 0.3) is 0 Å². The third kappa shape index (κ3) is 5.89. The molecule has 0 aromatic carbocycles. The fourth-order valence-corrected chi connectivity index (χ4v) is 2.95. The molecule has 0 radical (unpaired) electrons. The van der Waals surface area contributed by atoms with Crippen LogP contribution in [-0.4, -0.2) is 59.0 Å². The summed E-state index contributed by atoms with van der Waals surface area (Å²) in [6.45, 7) is 4.65. The lowest BCUT2D eigenvalue weighted by molar-refractivity contribution is -0.291. The van der Waals surface area contributed by atoms with Crippen molar-refractivity contribution in [3.05, 3.63) is 0 Å². The minimum atomic E-state index is -1.29. The second-order valence-corrected chi connectivity index (χ2v) is 5.91. The second-order valence-electron chi connectivity index (χ2n) is 5.03. The smallest absolute Gasteiger partial charge is 0.305 e. The van der Waals surface area contributed by atoms with Gasteiger partial charge in [0.1, 0.15) is 6.10 Å². The summed E-state index contributed by atoms with van der Waals surface area (Å²) in [5.74, 6) is -2.67. The van der Waals surface area contributed by atoms with E-state index in [0.29, 0.717) is 4.43 Å². The first-order valence-electron chi connectivity index (χ1n) is 7.06. The van der Waals surface area contributed by atoms with Crippen LogP contribution in [0.3, 0.4) is 0 Å². The molecule has 1 aliphatic rings. The number of esters is 4. The molecule has 1 saturated heterocycles. The van der Waals surface area contributed by atoms with E-state index in [-0.39, 0.29) is 0 Å². The molecule has 0 aliphatic carbocycles. The lowest BCUT2D eigenvalue weighted by Gasteiger charge is -2.43. The summed E-state index contributed by atoms with van der Waals surface area (Å²) in [5.41, 5.74) is 0. The van der Waals surface area contributed by atoms with Gasteiger partial charge in [-0.25, -0.2) is 0 Å². The molecular formula is C14H19IO9. The number of hydrogen-bond donors (Lipinski definition) is 0. The van der Waals surface area contributed by atoms with Crippen molar-refractivity contribution < 1.29 is 42.9 Å². The Morgan fingerprint density at radius 2 is 1.17 bits per heavy atom. The maximum Gasteiger partial charge on any atom is 0.305 e. The van der Waals surface area contributed by atoms with Gasteiger partial charge in [-0.15, -0.1) is 0 Å². The Balaban J connectivity index is 3.23. The zero-order chi connectivity index (χ0) is 18.4. The molecule has 136 valence electrons. The molecule has 9 nitrogen and oxygen atoms in total. The molecule has 1 fully saturated rings. The standard InChI is InChI=1S/C14H19IO9/c1-6(16)20-11-10(5-15)24-14(23-9(4)19)13(22-8(3)18)12(11)21-7(2)17/h10-14H,5H2,1-4H3. The summed E-state index contributed by atoms with van der Waals surface area (Å²) in [6.07, 6.45) is -5.47. The SMILES string of the molecule is CC(=O)OC1OC(CI)C(OC(C)=O)C(OC(C)=O)C1OC(C)=O. The highest BCUT2D eigenvalue weighted by atomic mass is 127. The highest BCUT2D eigenvalue weighted by Gasteiger charge is 2.52. The van der Waals surface area contributed by atoms with Gasteiger partial charge in [0, 0.05) is 32.1 Å². The molecule has 0 saturated carbocycles. The summed E-state index contributed by atoms with van der Waals surface area (Å²) < 4.78 is 26.5. The van der Waals surface area contributed by atoms with E-state index < -0.39 is 54.6 Å². The topological polar surface area (TPSA) is 114 Å². The fraction of sp³-hybridized carbons (Fsp3) is 0.714. The minimum absolute atomic E-state index is 0.345. The van der Waals surface area contributed by atoms with Crippen LogP contribution in [-0.2, 0) is 42.9 Å².